The van der Waals surface area contributed by atoms with Crippen molar-refractivity contribution >= 4 is 11.9 Å². The summed E-state index contributed by atoms with van der Waals surface area (Å²) in [5, 5.41) is 57.2. The third-order valence-electron chi connectivity index (χ3n) is 16.3. The van der Waals surface area contributed by atoms with Crippen molar-refractivity contribution in [3.05, 3.63) is 72.9 Å². The number of carbonyl (C=O) groups excluding carboxylic acids is 2. The van der Waals surface area contributed by atoms with Gasteiger partial charge in [0.2, 0.25) is 5.91 Å². The fourth-order valence-electron chi connectivity index (χ4n) is 10.7. The molecule has 1 saturated heterocycles. The Kier molecular flexibility index (Phi) is 56.9. The lowest BCUT2D eigenvalue weighted by molar-refractivity contribution is -0.305. The number of allylic oxidation sites excluding steroid dienone is 11. The molecule has 1 heterocycles. The molecule has 0 aromatic rings. The molecule has 1 amide bonds. The van der Waals surface area contributed by atoms with Gasteiger partial charge < -0.3 is 45.1 Å². The monoisotopic (exact) mass is 1180 g/mol. The molecule has 11 heteroatoms. The summed E-state index contributed by atoms with van der Waals surface area (Å²) in [5.41, 5.74) is 0. The Balaban J connectivity index is 2.56. The molecule has 0 radical (unpaired) electrons. The van der Waals surface area contributed by atoms with Crippen molar-refractivity contribution in [1.82, 2.24) is 5.32 Å². The van der Waals surface area contributed by atoms with Crippen LogP contribution < -0.4 is 5.32 Å². The van der Waals surface area contributed by atoms with Crippen LogP contribution in [0.2, 0.25) is 0 Å². The van der Waals surface area contributed by atoms with Crippen molar-refractivity contribution < 1.29 is 49.3 Å². The molecule has 1 fully saturated rings. The Hall–Kier alpha value is -2.90. The first-order valence-electron chi connectivity index (χ1n) is 35.2. The van der Waals surface area contributed by atoms with Gasteiger partial charge in [0.15, 0.2) is 12.4 Å². The maximum Gasteiger partial charge on any atom is 0.306 e. The number of ether oxygens (including phenoxy) is 3. The predicted octanol–water partition coefficient (Wildman–Crippen LogP) is 17.9. The highest BCUT2D eigenvalue weighted by atomic mass is 16.7. The number of aliphatic hydroxyl groups excluding tert-OH is 5. The van der Waals surface area contributed by atoms with E-state index >= 15 is 0 Å². The van der Waals surface area contributed by atoms with Crippen molar-refractivity contribution in [2.24, 2.45) is 0 Å². The number of esters is 1. The number of aliphatic hydroxyl groups is 5. The average molecular weight is 1180 g/mol. The molecule has 8 atom stereocenters. The van der Waals surface area contributed by atoms with Crippen LogP contribution in [0.3, 0.4) is 0 Å². The lowest BCUT2D eigenvalue weighted by Crippen LogP contribution is -2.61. The number of unbranched alkanes of at least 4 members (excludes halogenated alkanes) is 36. The standard InChI is InChI=1S/C73H131NO10/c1-4-7-10-13-16-19-22-25-27-29-30-31-32-33-34-35-36-37-38-39-41-43-46-49-52-55-58-61-68(78)84-71-70(80)69(79)67(62-75)83-73(71)82-63-64(65(76)59-56-53-50-47-44-24-21-18-15-12-9-6-3)74-72(81)66(77)60-57-54-51-48-45-42-40-28-26-23-20-17-14-11-8-5-2/h16,19,25-28,30-31,33-34,56,59,64-67,69-71,73,75-77,79-80H,4-15,17-18,20-24,29,32,35-55,57-58,60-63H2,1-3H3,(H,74,81)/b19-16-,27-25-,28-26+,31-30-,34-33-,59-56+. The highest BCUT2D eigenvalue weighted by molar-refractivity contribution is 5.80. The van der Waals surface area contributed by atoms with E-state index in [9.17, 15) is 35.1 Å². The maximum absolute atomic E-state index is 13.5. The van der Waals surface area contributed by atoms with Gasteiger partial charge in [-0.25, -0.2) is 0 Å². The molecule has 11 nitrogen and oxygen atoms in total. The summed E-state index contributed by atoms with van der Waals surface area (Å²) in [6.07, 6.45) is 67.9. The first-order chi connectivity index (χ1) is 41.2. The Morgan fingerprint density at radius 2 is 0.821 bits per heavy atom. The molecule has 1 rings (SSSR count). The van der Waals surface area contributed by atoms with E-state index in [2.05, 4.69) is 86.8 Å². The smallest absolute Gasteiger partial charge is 0.306 e. The van der Waals surface area contributed by atoms with Gasteiger partial charge in [-0.15, -0.1) is 0 Å². The number of nitrogens with one attached hydrogen (secondary N) is 1. The SMILES string of the molecule is CCCCC/C=C\C/C=C\C/C=C\C/C=C\CCCCCCCCCCCCCC(=O)OC1C(OCC(NC(=O)C(O)CCCCCCCC/C=C/CCCCCCCC)C(O)/C=C/CCCCCCCCCCCC)OC(CO)C(O)C1O. The van der Waals surface area contributed by atoms with Gasteiger partial charge in [-0.1, -0.05) is 286 Å². The van der Waals surface area contributed by atoms with Gasteiger partial charge in [-0.05, 0) is 96.3 Å². The molecule has 84 heavy (non-hydrogen) atoms. The Bertz CT molecular complexity index is 1640. The molecule has 0 spiro atoms. The van der Waals surface area contributed by atoms with E-state index in [0.29, 0.717) is 12.8 Å². The second kappa shape index (κ2) is 60.4. The van der Waals surface area contributed by atoms with Crippen LogP contribution in [0.15, 0.2) is 72.9 Å². The number of hydrogen-bond donors (Lipinski definition) is 6. The second-order valence-corrected chi connectivity index (χ2v) is 24.3. The first kappa shape index (κ1) is 79.1. The summed E-state index contributed by atoms with van der Waals surface area (Å²) in [5.74, 6) is -1.20. The normalized spacial score (nSPS) is 18.9. The van der Waals surface area contributed by atoms with E-state index in [-0.39, 0.29) is 19.4 Å². The van der Waals surface area contributed by atoms with Crippen LogP contribution >= 0.6 is 0 Å². The molecule has 8 unspecified atom stereocenters. The van der Waals surface area contributed by atoms with Crippen molar-refractivity contribution in [2.75, 3.05) is 13.2 Å². The van der Waals surface area contributed by atoms with E-state index in [4.69, 9.17) is 14.2 Å². The van der Waals surface area contributed by atoms with Crippen LogP contribution in [-0.2, 0) is 23.8 Å². The van der Waals surface area contributed by atoms with Crippen molar-refractivity contribution in [3.63, 3.8) is 0 Å². The lowest BCUT2D eigenvalue weighted by Gasteiger charge is -2.41. The minimum atomic E-state index is -1.62. The lowest BCUT2D eigenvalue weighted by atomic mass is 9.99. The van der Waals surface area contributed by atoms with Gasteiger partial charge in [-0.2, -0.15) is 0 Å². The van der Waals surface area contributed by atoms with Gasteiger partial charge in [-0.3, -0.25) is 9.59 Å². The molecule has 0 aromatic carbocycles. The zero-order valence-corrected chi connectivity index (χ0v) is 54.3. The minimum Gasteiger partial charge on any atom is -0.454 e. The van der Waals surface area contributed by atoms with E-state index in [1.54, 1.807) is 6.08 Å². The Morgan fingerprint density at radius 3 is 1.26 bits per heavy atom. The number of hydrogen-bond acceptors (Lipinski definition) is 10. The molecule has 1 aliphatic heterocycles. The highest BCUT2D eigenvalue weighted by Gasteiger charge is 2.47. The van der Waals surface area contributed by atoms with E-state index in [0.717, 1.165) is 96.3 Å². The average Bonchev–Trinajstić information content (AvgIpc) is 3.69. The molecule has 0 aliphatic carbocycles. The van der Waals surface area contributed by atoms with E-state index in [1.807, 2.05) is 6.08 Å². The number of amides is 1. The molecule has 488 valence electrons. The summed E-state index contributed by atoms with van der Waals surface area (Å²) in [6.45, 7) is 5.78. The summed E-state index contributed by atoms with van der Waals surface area (Å²) in [7, 11) is 0. The van der Waals surface area contributed by atoms with Gasteiger partial charge in [0.1, 0.15) is 24.4 Å². The topological polar surface area (TPSA) is 175 Å². The Morgan fingerprint density at radius 1 is 0.464 bits per heavy atom. The number of rotatable bonds is 60. The summed E-state index contributed by atoms with van der Waals surface area (Å²) < 4.78 is 17.7. The van der Waals surface area contributed by atoms with Gasteiger partial charge in [0.25, 0.3) is 0 Å². The molecule has 1 aliphatic rings. The fraction of sp³-hybridized carbons (Fsp3) is 0.808. The van der Waals surface area contributed by atoms with Gasteiger partial charge >= 0.3 is 5.97 Å². The molecular weight excluding hydrogens is 1050 g/mol. The van der Waals surface area contributed by atoms with Gasteiger partial charge in [0, 0.05) is 6.42 Å². The molecule has 0 aromatic heterocycles. The second-order valence-electron chi connectivity index (χ2n) is 24.3. The molecular formula is C73H131NO10. The molecule has 0 bridgehead atoms. The van der Waals surface area contributed by atoms with Crippen molar-refractivity contribution in [3.8, 4) is 0 Å². The summed E-state index contributed by atoms with van der Waals surface area (Å²) in [6, 6.07) is -1.03. The van der Waals surface area contributed by atoms with Crippen LogP contribution in [0.4, 0.5) is 0 Å². The summed E-state index contributed by atoms with van der Waals surface area (Å²) in [4.78, 5) is 26.6. The zero-order chi connectivity index (χ0) is 61.0. The van der Waals surface area contributed by atoms with Crippen LogP contribution in [0.25, 0.3) is 0 Å². The predicted molar refractivity (Wildman–Crippen MR) is 352 cm³/mol. The fourth-order valence-corrected chi connectivity index (χ4v) is 10.7. The highest BCUT2D eigenvalue weighted by Crippen LogP contribution is 2.26. The van der Waals surface area contributed by atoms with E-state index in [1.165, 1.54) is 173 Å². The summed E-state index contributed by atoms with van der Waals surface area (Å²) >= 11 is 0. The van der Waals surface area contributed by atoms with Crippen molar-refractivity contribution in [1.29, 1.82) is 0 Å². The molecule has 0 saturated carbocycles. The van der Waals surface area contributed by atoms with Crippen LogP contribution in [0.1, 0.15) is 316 Å². The molecule has 6 N–H and O–H groups in total. The van der Waals surface area contributed by atoms with E-state index < -0.39 is 67.4 Å². The largest absolute Gasteiger partial charge is 0.454 e. The van der Waals surface area contributed by atoms with Gasteiger partial charge in [0.05, 0.1) is 25.4 Å². The third kappa shape index (κ3) is 47.2. The minimum absolute atomic E-state index is 0.118. The van der Waals surface area contributed by atoms with Crippen molar-refractivity contribution in [2.45, 2.75) is 365 Å². The first-order valence-corrected chi connectivity index (χ1v) is 35.2. The quantitative estimate of drug-likeness (QED) is 0.0195. The number of carbonyl (C=O) groups is 2. The third-order valence-corrected chi connectivity index (χ3v) is 16.3. The maximum atomic E-state index is 13.5. The van der Waals surface area contributed by atoms with Crippen LogP contribution in [0, 0.1) is 0 Å². The Labute approximate surface area is 515 Å². The zero-order valence-electron chi connectivity index (χ0n) is 54.3. The van der Waals surface area contributed by atoms with Crippen LogP contribution in [0.5, 0.6) is 0 Å². The van der Waals surface area contributed by atoms with Crippen LogP contribution in [-0.4, -0.2) is 99.6 Å².